The molecule has 1 N–H and O–H groups in total. The summed E-state index contributed by atoms with van der Waals surface area (Å²) in [5.74, 6) is 0.626. The predicted octanol–water partition coefficient (Wildman–Crippen LogP) is 2.20. The van der Waals surface area contributed by atoms with Gasteiger partial charge in [-0.05, 0) is 36.6 Å². The van der Waals surface area contributed by atoms with Crippen LogP contribution in [0.1, 0.15) is 28.8 Å². The summed E-state index contributed by atoms with van der Waals surface area (Å²) < 4.78 is 11.0. The van der Waals surface area contributed by atoms with E-state index in [2.05, 4.69) is 4.98 Å². The number of pyridine rings is 1. The van der Waals surface area contributed by atoms with Crippen molar-refractivity contribution in [3.8, 4) is 5.75 Å². The molecule has 1 saturated heterocycles. The fourth-order valence-corrected chi connectivity index (χ4v) is 2.97. The van der Waals surface area contributed by atoms with E-state index in [1.807, 2.05) is 24.3 Å². The van der Waals surface area contributed by atoms with Gasteiger partial charge in [0, 0.05) is 32.0 Å². The van der Waals surface area contributed by atoms with Crippen LogP contribution in [0.4, 0.5) is 0 Å². The zero-order valence-electron chi connectivity index (χ0n) is 14.2. The van der Waals surface area contributed by atoms with Gasteiger partial charge in [0.25, 0.3) is 5.91 Å². The third kappa shape index (κ3) is 4.48. The normalized spacial score (nSPS) is 16.6. The summed E-state index contributed by atoms with van der Waals surface area (Å²) in [5.41, 5.74) is 1.21. The molecular formula is C19H22N2O4. The van der Waals surface area contributed by atoms with Crippen molar-refractivity contribution in [1.29, 1.82) is 0 Å². The monoisotopic (exact) mass is 342 g/mol. The summed E-state index contributed by atoms with van der Waals surface area (Å²) in [6, 6.07) is 10.6. The second-order valence-electron chi connectivity index (χ2n) is 6.11. The van der Waals surface area contributed by atoms with Gasteiger partial charge in [-0.3, -0.25) is 9.59 Å². The number of carbonyl (C=O) groups excluding carboxylic acids is 1. The number of hydrogen-bond donors (Lipinski definition) is 1. The van der Waals surface area contributed by atoms with Crippen molar-refractivity contribution < 1.29 is 14.3 Å². The zero-order valence-corrected chi connectivity index (χ0v) is 14.2. The molecule has 0 unspecified atom stereocenters. The smallest absolute Gasteiger partial charge is 0.255 e. The minimum Gasteiger partial charge on any atom is -0.497 e. The number of ether oxygens (including phenoxy) is 2. The molecule has 1 aromatic heterocycles. The van der Waals surface area contributed by atoms with Gasteiger partial charge in [-0.15, -0.1) is 0 Å². The Morgan fingerprint density at radius 1 is 1.36 bits per heavy atom. The van der Waals surface area contributed by atoms with E-state index < -0.39 is 0 Å². The molecular weight excluding hydrogens is 320 g/mol. The molecule has 0 saturated carbocycles. The van der Waals surface area contributed by atoms with Crippen molar-refractivity contribution in [3.63, 3.8) is 0 Å². The molecule has 6 nitrogen and oxygen atoms in total. The maximum atomic E-state index is 12.9. The lowest BCUT2D eigenvalue weighted by Gasteiger charge is -2.26. The molecule has 1 amide bonds. The number of carbonyl (C=O) groups is 1. The van der Waals surface area contributed by atoms with Gasteiger partial charge in [0.1, 0.15) is 5.75 Å². The third-order valence-corrected chi connectivity index (χ3v) is 4.27. The van der Waals surface area contributed by atoms with Crippen LogP contribution >= 0.6 is 0 Å². The molecule has 1 aliphatic rings. The number of nitrogens with zero attached hydrogens (tertiary/aromatic N) is 1. The molecule has 1 fully saturated rings. The fraction of sp³-hybridized carbons (Fsp3) is 0.368. The van der Waals surface area contributed by atoms with E-state index >= 15 is 0 Å². The molecule has 25 heavy (non-hydrogen) atoms. The minimum absolute atomic E-state index is 0.0531. The molecule has 1 aliphatic heterocycles. The molecule has 0 aliphatic carbocycles. The predicted molar refractivity (Wildman–Crippen MR) is 93.8 cm³/mol. The SMILES string of the molecule is COc1cccc(CN(C[C@@H]2CCCO2)C(=O)c2ccc(=O)[nH]c2)c1. The summed E-state index contributed by atoms with van der Waals surface area (Å²) in [5, 5.41) is 0. The summed E-state index contributed by atoms with van der Waals surface area (Å²) >= 11 is 0. The Hall–Kier alpha value is -2.60. The number of aromatic amines is 1. The standard InChI is InChI=1S/C19H22N2O4/c1-24-16-5-2-4-14(10-16)12-21(13-17-6-3-9-25-17)19(23)15-7-8-18(22)20-11-15/h2,4-5,7-8,10-11,17H,3,6,9,12-13H2,1H3,(H,20,22)/t17-/m0/s1. The zero-order chi connectivity index (χ0) is 17.6. The maximum Gasteiger partial charge on any atom is 0.255 e. The summed E-state index contributed by atoms with van der Waals surface area (Å²) in [6.07, 6.45) is 3.48. The van der Waals surface area contributed by atoms with Gasteiger partial charge in [-0.2, -0.15) is 0 Å². The lowest BCUT2D eigenvalue weighted by atomic mass is 10.1. The molecule has 0 spiro atoms. The molecule has 132 valence electrons. The van der Waals surface area contributed by atoms with Crippen LogP contribution in [-0.2, 0) is 11.3 Å². The van der Waals surface area contributed by atoms with Gasteiger partial charge >= 0.3 is 0 Å². The molecule has 1 atom stereocenters. The fourth-order valence-electron chi connectivity index (χ4n) is 2.97. The molecule has 1 aromatic carbocycles. The number of aromatic nitrogens is 1. The molecule has 6 heteroatoms. The van der Waals surface area contributed by atoms with Gasteiger partial charge < -0.3 is 19.4 Å². The van der Waals surface area contributed by atoms with Gasteiger partial charge in [0.05, 0.1) is 18.8 Å². The van der Waals surface area contributed by atoms with E-state index in [4.69, 9.17) is 9.47 Å². The largest absolute Gasteiger partial charge is 0.497 e. The second kappa shape index (κ2) is 7.98. The van der Waals surface area contributed by atoms with E-state index in [9.17, 15) is 9.59 Å². The average Bonchev–Trinajstić information content (AvgIpc) is 3.14. The number of rotatable bonds is 6. The van der Waals surface area contributed by atoms with Crippen molar-refractivity contribution in [3.05, 3.63) is 64.1 Å². The van der Waals surface area contributed by atoms with Gasteiger partial charge in [0.2, 0.25) is 5.56 Å². The number of hydrogen-bond acceptors (Lipinski definition) is 4. The highest BCUT2D eigenvalue weighted by Crippen LogP contribution is 2.19. The highest BCUT2D eigenvalue weighted by molar-refractivity contribution is 5.93. The van der Waals surface area contributed by atoms with Gasteiger partial charge in [-0.1, -0.05) is 12.1 Å². The highest BCUT2D eigenvalue weighted by atomic mass is 16.5. The Balaban J connectivity index is 1.81. The number of H-pyrrole nitrogens is 1. The number of amides is 1. The maximum absolute atomic E-state index is 12.9. The third-order valence-electron chi connectivity index (χ3n) is 4.27. The topological polar surface area (TPSA) is 71.6 Å². The van der Waals surface area contributed by atoms with Crippen molar-refractivity contribution >= 4 is 5.91 Å². The van der Waals surface area contributed by atoms with Crippen molar-refractivity contribution in [2.75, 3.05) is 20.3 Å². The van der Waals surface area contributed by atoms with Crippen LogP contribution in [0.3, 0.4) is 0 Å². The first-order valence-electron chi connectivity index (χ1n) is 8.38. The van der Waals surface area contributed by atoms with E-state index in [-0.39, 0.29) is 17.6 Å². The average molecular weight is 342 g/mol. The van der Waals surface area contributed by atoms with E-state index in [0.29, 0.717) is 18.7 Å². The van der Waals surface area contributed by atoms with Gasteiger partial charge in [0.15, 0.2) is 0 Å². The molecule has 2 heterocycles. The summed E-state index contributed by atoms with van der Waals surface area (Å²) in [4.78, 5) is 28.5. The van der Waals surface area contributed by atoms with Crippen LogP contribution in [-0.4, -0.2) is 42.2 Å². The van der Waals surface area contributed by atoms with Crippen LogP contribution in [0.15, 0.2) is 47.4 Å². The van der Waals surface area contributed by atoms with E-state index in [1.165, 1.54) is 12.3 Å². The van der Waals surface area contributed by atoms with Crippen LogP contribution in [0, 0.1) is 0 Å². The van der Waals surface area contributed by atoms with Crippen LogP contribution in [0.25, 0.3) is 0 Å². The first kappa shape index (κ1) is 17.2. The molecule has 3 rings (SSSR count). The Morgan fingerprint density at radius 2 is 2.24 bits per heavy atom. The molecule has 0 bridgehead atoms. The summed E-state index contributed by atoms with van der Waals surface area (Å²) in [6.45, 7) is 1.72. The number of methoxy groups -OCH3 is 1. The van der Waals surface area contributed by atoms with Crippen molar-refractivity contribution in [2.24, 2.45) is 0 Å². The lowest BCUT2D eigenvalue weighted by Crippen LogP contribution is -2.37. The number of nitrogens with one attached hydrogen (secondary N) is 1. The van der Waals surface area contributed by atoms with Crippen molar-refractivity contribution in [2.45, 2.75) is 25.5 Å². The second-order valence-corrected chi connectivity index (χ2v) is 6.11. The van der Waals surface area contributed by atoms with Crippen LogP contribution < -0.4 is 10.3 Å². The highest BCUT2D eigenvalue weighted by Gasteiger charge is 2.24. The Labute approximate surface area is 146 Å². The molecule has 0 radical (unpaired) electrons. The number of benzene rings is 1. The van der Waals surface area contributed by atoms with E-state index in [1.54, 1.807) is 18.1 Å². The summed E-state index contributed by atoms with van der Waals surface area (Å²) in [7, 11) is 1.62. The first-order valence-corrected chi connectivity index (χ1v) is 8.38. The van der Waals surface area contributed by atoms with Crippen LogP contribution in [0.2, 0.25) is 0 Å². The Bertz CT molecular complexity index is 760. The van der Waals surface area contributed by atoms with E-state index in [0.717, 1.165) is 30.8 Å². The molecule has 2 aromatic rings. The Kier molecular flexibility index (Phi) is 5.50. The van der Waals surface area contributed by atoms with Crippen LogP contribution in [0.5, 0.6) is 5.75 Å². The lowest BCUT2D eigenvalue weighted by molar-refractivity contribution is 0.0507. The first-order chi connectivity index (χ1) is 12.2. The van der Waals surface area contributed by atoms with Gasteiger partial charge in [-0.25, -0.2) is 0 Å². The minimum atomic E-state index is -0.227. The quantitative estimate of drug-likeness (QED) is 0.874. The Morgan fingerprint density at radius 3 is 2.92 bits per heavy atom. The van der Waals surface area contributed by atoms with Crippen molar-refractivity contribution in [1.82, 2.24) is 9.88 Å².